The van der Waals surface area contributed by atoms with Gasteiger partial charge in [-0.25, -0.2) is 4.79 Å². The minimum Gasteiger partial charge on any atom is -0.480 e. The number of alkyl halides is 6. The first kappa shape index (κ1) is 19.6. The standard InChI is InChI=1S/C15H17F6NO3/c1-8-4-11(15(19,20)21)12(5-10(8)14(16,17)18)22-3-2-9(6-22)25-7-13(23)24/h4-5,8-10H,2-3,6-7H2,1H3,(H,23,24). The summed E-state index contributed by atoms with van der Waals surface area (Å²) in [6, 6.07) is 0. The van der Waals surface area contributed by atoms with Gasteiger partial charge in [-0.15, -0.1) is 0 Å². The van der Waals surface area contributed by atoms with Gasteiger partial charge >= 0.3 is 18.3 Å². The fraction of sp³-hybridized carbons (Fsp3) is 0.667. The summed E-state index contributed by atoms with van der Waals surface area (Å²) in [6.45, 7) is 0.454. The van der Waals surface area contributed by atoms with Crippen molar-refractivity contribution in [3.8, 4) is 0 Å². The van der Waals surface area contributed by atoms with Crippen LogP contribution in [0.3, 0.4) is 0 Å². The van der Waals surface area contributed by atoms with E-state index in [0.717, 1.165) is 6.92 Å². The summed E-state index contributed by atoms with van der Waals surface area (Å²) in [6.07, 6.45) is -8.61. The Morgan fingerprint density at radius 1 is 1.28 bits per heavy atom. The molecule has 10 heteroatoms. The highest BCUT2D eigenvalue weighted by molar-refractivity contribution is 5.68. The van der Waals surface area contributed by atoms with E-state index in [9.17, 15) is 31.1 Å². The maximum Gasteiger partial charge on any atom is 0.418 e. The molecule has 0 bridgehead atoms. The summed E-state index contributed by atoms with van der Waals surface area (Å²) < 4.78 is 84.1. The van der Waals surface area contributed by atoms with Crippen molar-refractivity contribution < 1.29 is 41.0 Å². The van der Waals surface area contributed by atoms with E-state index in [1.165, 1.54) is 4.90 Å². The number of halogens is 6. The minimum atomic E-state index is -4.78. The Bertz CT molecular complexity index is 581. The summed E-state index contributed by atoms with van der Waals surface area (Å²) in [4.78, 5) is 11.7. The first-order valence-corrected chi connectivity index (χ1v) is 7.56. The van der Waals surface area contributed by atoms with E-state index in [1.807, 2.05) is 0 Å². The fourth-order valence-corrected chi connectivity index (χ4v) is 3.04. The third kappa shape index (κ3) is 4.68. The molecule has 1 aliphatic carbocycles. The maximum atomic E-state index is 13.3. The lowest BCUT2D eigenvalue weighted by molar-refractivity contribution is -0.170. The second-order valence-electron chi connectivity index (χ2n) is 6.12. The molecule has 0 radical (unpaired) electrons. The Balaban J connectivity index is 2.25. The van der Waals surface area contributed by atoms with Crippen molar-refractivity contribution in [1.29, 1.82) is 0 Å². The van der Waals surface area contributed by atoms with Gasteiger partial charge in [-0.3, -0.25) is 0 Å². The Morgan fingerprint density at radius 3 is 2.44 bits per heavy atom. The molecular weight excluding hydrogens is 356 g/mol. The number of carboxylic acid groups (broad SMARTS) is 1. The summed E-state index contributed by atoms with van der Waals surface area (Å²) in [5, 5.41) is 8.56. The Hall–Kier alpha value is -1.71. The van der Waals surface area contributed by atoms with E-state index in [0.29, 0.717) is 12.2 Å². The van der Waals surface area contributed by atoms with Gasteiger partial charge in [0.2, 0.25) is 0 Å². The number of likely N-dealkylation sites (tertiary alicyclic amines) is 1. The lowest BCUT2D eigenvalue weighted by Crippen LogP contribution is -2.36. The molecule has 0 saturated carbocycles. The number of carboxylic acids is 1. The molecule has 1 fully saturated rings. The van der Waals surface area contributed by atoms with Crippen molar-refractivity contribution in [3.05, 3.63) is 23.4 Å². The minimum absolute atomic E-state index is 0.0580. The molecule has 1 aliphatic heterocycles. The Kier molecular flexibility index (Phi) is 5.41. The van der Waals surface area contributed by atoms with Gasteiger partial charge < -0.3 is 14.7 Å². The van der Waals surface area contributed by atoms with Gasteiger partial charge in [-0.05, 0) is 18.4 Å². The van der Waals surface area contributed by atoms with E-state index < -0.39 is 54.1 Å². The molecule has 3 atom stereocenters. The third-order valence-corrected chi connectivity index (χ3v) is 4.22. The van der Waals surface area contributed by atoms with Crippen LogP contribution >= 0.6 is 0 Å². The average molecular weight is 373 g/mol. The van der Waals surface area contributed by atoms with Gasteiger partial charge in [-0.2, -0.15) is 26.3 Å². The molecule has 1 heterocycles. The van der Waals surface area contributed by atoms with E-state index in [1.54, 1.807) is 0 Å². The molecule has 2 rings (SSSR count). The van der Waals surface area contributed by atoms with E-state index in [2.05, 4.69) is 0 Å². The van der Waals surface area contributed by atoms with Gasteiger partial charge in [0, 0.05) is 18.8 Å². The van der Waals surface area contributed by atoms with E-state index in [-0.39, 0.29) is 19.5 Å². The average Bonchev–Trinajstić information content (AvgIpc) is 2.91. The smallest absolute Gasteiger partial charge is 0.418 e. The molecule has 0 aromatic heterocycles. The molecule has 2 aliphatic rings. The Morgan fingerprint density at radius 2 is 1.92 bits per heavy atom. The number of aliphatic carboxylic acids is 1. The van der Waals surface area contributed by atoms with Crippen LogP contribution in [0.2, 0.25) is 0 Å². The SMILES string of the molecule is CC1C=C(C(F)(F)F)C(N2CCC(OCC(=O)O)C2)=CC1C(F)(F)F. The number of rotatable bonds is 4. The zero-order chi connectivity index (χ0) is 19.0. The molecule has 0 aromatic carbocycles. The van der Waals surface area contributed by atoms with Gasteiger partial charge in [0.1, 0.15) is 6.61 Å². The fourth-order valence-electron chi connectivity index (χ4n) is 3.04. The number of hydrogen-bond donors (Lipinski definition) is 1. The van der Waals surface area contributed by atoms with Crippen LogP contribution in [0, 0.1) is 11.8 Å². The quantitative estimate of drug-likeness (QED) is 0.768. The molecule has 25 heavy (non-hydrogen) atoms. The molecule has 0 amide bonds. The lowest BCUT2D eigenvalue weighted by atomic mass is 9.84. The number of hydrogen-bond acceptors (Lipinski definition) is 3. The first-order valence-electron chi connectivity index (χ1n) is 7.56. The van der Waals surface area contributed by atoms with E-state index >= 15 is 0 Å². The molecule has 0 aromatic rings. The normalized spacial score (nSPS) is 28.0. The Labute approximate surface area is 139 Å². The lowest BCUT2D eigenvalue weighted by Gasteiger charge is -2.33. The molecule has 1 saturated heterocycles. The van der Waals surface area contributed by atoms with Gasteiger partial charge in [0.15, 0.2) is 0 Å². The highest BCUT2D eigenvalue weighted by atomic mass is 19.4. The third-order valence-electron chi connectivity index (χ3n) is 4.22. The zero-order valence-electron chi connectivity index (χ0n) is 13.2. The second-order valence-corrected chi connectivity index (χ2v) is 6.12. The van der Waals surface area contributed by atoms with Gasteiger partial charge in [0.25, 0.3) is 0 Å². The summed E-state index contributed by atoms with van der Waals surface area (Å²) >= 11 is 0. The van der Waals surface area contributed by atoms with Crippen LogP contribution < -0.4 is 0 Å². The van der Waals surface area contributed by atoms with Crippen LogP contribution in [0.25, 0.3) is 0 Å². The molecule has 0 spiro atoms. The van der Waals surface area contributed by atoms with Crippen molar-refractivity contribution in [2.45, 2.75) is 31.8 Å². The van der Waals surface area contributed by atoms with Gasteiger partial charge in [0.05, 0.1) is 17.6 Å². The van der Waals surface area contributed by atoms with Crippen LogP contribution in [0.4, 0.5) is 26.3 Å². The maximum absolute atomic E-state index is 13.3. The molecule has 1 N–H and O–H groups in total. The number of carbonyl (C=O) groups is 1. The topological polar surface area (TPSA) is 49.8 Å². The number of ether oxygens (including phenoxy) is 1. The second kappa shape index (κ2) is 6.89. The van der Waals surface area contributed by atoms with Crippen LogP contribution in [0.15, 0.2) is 23.4 Å². The van der Waals surface area contributed by atoms with Gasteiger partial charge in [-0.1, -0.05) is 13.0 Å². The number of nitrogens with zero attached hydrogens (tertiary/aromatic N) is 1. The predicted molar refractivity (Wildman–Crippen MR) is 74.5 cm³/mol. The summed E-state index contributed by atoms with van der Waals surface area (Å²) in [5.41, 5.74) is -1.62. The molecular formula is C15H17F6NO3. The van der Waals surface area contributed by atoms with Crippen molar-refractivity contribution in [1.82, 2.24) is 4.90 Å². The monoisotopic (exact) mass is 373 g/mol. The van der Waals surface area contributed by atoms with Crippen LogP contribution in [-0.4, -0.2) is 54.1 Å². The summed E-state index contributed by atoms with van der Waals surface area (Å²) in [5.74, 6) is -4.56. The van der Waals surface area contributed by atoms with Crippen LogP contribution in [-0.2, 0) is 9.53 Å². The predicted octanol–water partition coefficient (Wildman–Crippen LogP) is 3.36. The molecule has 142 valence electrons. The largest absolute Gasteiger partial charge is 0.480 e. The van der Waals surface area contributed by atoms with Crippen molar-refractivity contribution in [2.24, 2.45) is 11.8 Å². The molecule has 4 nitrogen and oxygen atoms in total. The number of allylic oxidation sites excluding steroid dienone is 3. The van der Waals surface area contributed by atoms with Crippen molar-refractivity contribution >= 4 is 5.97 Å². The van der Waals surface area contributed by atoms with E-state index in [4.69, 9.17) is 9.84 Å². The summed E-state index contributed by atoms with van der Waals surface area (Å²) in [7, 11) is 0. The molecule has 3 unspecified atom stereocenters. The first-order chi connectivity index (χ1) is 11.4. The van der Waals surface area contributed by atoms with Crippen molar-refractivity contribution in [2.75, 3.05) is 19.7 Å². The van der Waals surface area contributed by atoms with Crippen LogP contribution in [0.5, 0.6) is 0 Å². The highest BCUT2D eigenvalue weighted by Gasteiger charge is 2.48. The van der Waals surface area contributed by atoms with Crippen molar-refractivity contribution in [3.63, 3.8) is 0 Å². The highest BCUT2D eigenvalue weighted by Crippen LogP contribution is 2.44. The zero-order valence-corrected chi connectivity index (χ0v) is 13.2. The van der Waals surface area contributed by atoms with Crippen LogP contribution in [0.1, 0.15) is 13.3 Å².